The third-order valence-corrected chi connectivity index (χ3v) is 4.69. The van der Waals surface area contributed by atoms with Crippen LogP contribution in [0.5, 0.6) is 0 Å². The van der Waals surface area contributed by atoms with Crippen LogP contribution < -0.4 is 11.1 Å². The third-order valence-electron chi connectivity index (χ3n) is 4.69. The number of hydrogen-bond acceptors (Lipinski definition) is 4. The Bertz CT molecular complexity index is 566. The van der Waals surface area contributed by atoms with Crippen molar-refractivity contribution < 1.29 is 4.79 Å². The van der Waals surface area contributed by atoms with Crippen LogP contribution in [0.25, 0.3) is 0 Å². The molecule has 0 radical (unpaired) electrons. The molecule has 0 unspecified atom stereocenters. The average molecular weight is 392 g/mol. The third kappa shape index (κ3) is 6.13. The predicted molar refractivity (Wildman–Crippen MR) is 104 cm³/mol. The maximum absolute atomic E-state index is 11.9. The largest absolute Gasteiger partial charge is 0.350 e. The van der Waals surface area contributed by atoms with Crippen molar-refractivity contribution in [1.29, 1.82) is 0 Å². The molecule has 0 atom stereocenters. The summed E-state index contributed by atoms with van der Waals surface area (Å²) in [4.78, 5) is 14.3. The first-order chi connectivity index (χ1) is 10.9. The zero-order valence-electron chi connectivity index (χ0n) is 15.2. The Balaban J connectivity index is 0.00000156. The van der Waals surface area contributed by atoms with Crippen LogP contribution in [0.2, 0.25) is 0 Å². The summed E-state index contributed by atoms with van der Waals surface area (Å²) in [6.07, 6.45) is 4.34. The molecule has 1 aromatic rings. The Morgan fingerprint density at radius 1 is 1.32 bits per heavy atom. The Morgan fingerprint density at radius 3 is 2.64 bits per heavy atom. The maximum atomic E-state index is 11.9. The SMILES string of the molecule is CC(C)(N)CN1CCCn2nc(CNC(=O)C3CCC3)cc2C1.Cl.Cl. The van der Waals surface area contributed by atoms with Crippen LogP contribution >= 0.6 is 24.8 Å². The van der Waals surface area contributed by atoms with Crippen LogP contribution in [-0.4, -0.2) is 39.2 Å². The molecule has 2 heterocycles. The summed E-state index contributed by atoms with van der Waals surface area (Å²) in [6, 6.07) is 2.13. The van der Waals surface area contributed by atoms with E-state index in [2.05, 4.69) is 39.9 Å². The number of carbonyl (C=O) groups excluding carboxylic acids is 1. The molecule has 1 aliphatic heterocycles. The summed E-state index contributed by atoms with van der Waals surface area (Å²) in [6.45, 7) is 8.42. The molecule has 144 valence electrons. The van der Waals surface area contributed by atoms with Crippen molar-refractivity contribution in [1.82, 2.24) is 20.0 Å². The second kappa shape index (κ2) is 9.21. The molecule has 0 saturated heterocycles. The quantitative estimate of drug-likeness (QED) is 0.805. The topological polar surface area (TPSA) is 76.2 Å². The van der Waals surface area contributed by atoms with Crippen molar-refractivity contribution in [3.8, 4) is 0 Å². The molecule has 25 heavy (non-hydrogen) atoms. The number of amides is 1. The van der Waals surface area contributed by atoms with Crippen molar-refractivity contribution in [2.75, 3.05) is 13.1 Å². The van der Waals surface area contributed by atoms with E-state index in [9.17, 15) is 4.79 Å². The first-order valence-electron chi connectivity index (χ1n) is 8.75. The van der Waals surface area contributed by atoms with Crippen LogP contribution in [0.1, 0.15) is 50.9 Å². The van der Waals surface area contributed by atoms with Gasteiger partial charge in [0.2, 0.25) is 5.91 Å². The highest BCUT2D eigenvalue weighted by Crippen LogP contribution is 2.26. The van der Waals surface area contributed by atoms with Gasteiger partial charge in [0.25, 0.3) is 0 Å². The fourth-order valence-corrected chi connectivity index (χ4v) is 3.38. The highest BCUT2D eigenvalue weighted by Gasteiger charge is 2.25. The molecule has 0 bridgehead atoms. The minimum Gasteiger partial charge on any atom is -0.350 e. The number of fused-ring (bicyclic) bond motifs is 1. The van der Waals surface area contributed by atoms with Crippen LogP contribution in [0.15, 0.2) is 6.07 Å². The lowest BCUT2D eigenvalue weighted by atomic mass is 9.85. The van der Waals surface area contributed by atoms with E-state index in [1.54, 1.807) is 0 Å². The normalized spacial score (nSPS) is 18.2. The summed E-state index contributed by atoms with van der Waals surface area (Å²) in [7, 11) is 0. The average Bonchev–Trinajstić information content (AvgIpc) is 2.66. The fourth-order valence-electron chi connectivity index (χ4n) is 3.38. The van der Waals surface area contributed by atoms with Crippen molar-refractivity contribution in [3.63, 3.8) is 0 Å². The lowest BCUT2D eigenvalue weighted by molar-refractivity contribution is -0.127. The van der Waals surface area contributed by atoms with E-state index < -0.39 is 0 Å². The van der Waals surface area contributed by atoms with Crippen molar-refractivity contribution in [3.05, 3.63) is 17.5 Å². The zero-order chi connectivity index (χ0) is 16.4. The molecule has 3 N–H and O–H groups in total. The van der Waals surface area contributed by atoms with Gasteiger partial charge in [-0.1, -0.05) is 6.42 Å². The van der Waals surface area contributed by atoms with Crippen LogP contribution in [-0.2, 0) is 24.4 Å². The van der Waals surface area contributed by atoms with Gasteiger partial charge >= 0.3 is 0 Å². The van der Waals surface area contributed by atoms with Crippen molar-refractivity contribution in [2.45, 2.75) is 64.7 Å². The monoisotopic (exact) mass is 391 g/mol. The van der Waals surface area contributed by atoms with E-state index in [0.717, 1.165) is 51.1 Å². The van der Waals surface area contributed by atoms with Gasteiger partial charge in [0.05, 0.1) is 17.9 Å². The molecule has 2 aliphatic rings. The number of aryl methyl sites for hydroxylation is 1. The Morgan fingerprint density at radius 2 is 2.04 bits per heavy atom. The highest BCUT2D eigenvalue weighted by molar-refractivity contribution is 5.85. The summed E-state index contributed by atoms with van der Waals surface area (Å²) >= 11 is 0. The summed E-state index contributed by atoms with van der Waals surface area (Å²) in [5, 5.41) is 7.69. The number of carbonyl (C=O) groups is 1. The molecule has 0 spiro atoms. The number of hydrogen-bond donors (Lipinski definition) is 2. The van der Waals surface area contributed by atoms with Gasteiger partial charge < -0.3 is 11.1 Å². The summed E-state index contributed by atoms with van der Waals surface area (Å²) in [5.74, 6) is 0.420. The highest BCUT2D eigenvalue weighted by atomic mass is 35.5. The molecular weight excluding hydrogens is 361 g/mol. The zero-order valence-corrected chi connectivity index (χ0v) is 16.8. The van der Waals surface area contributed by atoms with E-state index in [0.29, 0.717) is 6.54 Å². The molecular formula is C17H31Cl2N5O. The first-order valence-corrected chi connectivity index (χ1v) is 8.75. The molecule has 3 rings (SSSR count). The van der Waals surface area contributed by atoms with Gasteiger partial charge in [-0.25, -0.2) is 0 Å². The van der Waals surface area contributed by atoms with Crippen LogP contribution in [0.4, 0.5) is 0 Å². The lowest BCUT2D eigenvalue weighted by Crippen LogP contribution is -2.45. The Kier molecular flexibility index (Phi) is 8.19. The number of nitrogens with zero attached hydrogens (tertiary/aromatic N) is 3. The van der Waals surface area contributed by atoms with Gasteiger partial charge in [0, 0.05) is 37.6 Å². The van der Waals surface area contributed by atoms with Crippen molar-refractivity contribution >= 4 is 30.7 Å². The van der Waals surface area contributed by atoms with Gasteiger partial charge in [0.15, 0.2) is 0 Å². The van der Waals surface area contributed by atoms with Gasteiger partial charge in [-0.05, 0) is 39.2 Å². The van der Waals surface area contributed by atoms with E-state index in [4.69, 9.17) is 5.73 Å². The second-order valence-electron chi connectivity index (χ2n) is 7.75. The molecule has 1 saturated carbocycles. The van der Waals surface area contributed by atoms with Crippen LogP contribution in [0, 0.1) is 5.92 Å². The van der Waals surface area contributed by atoms with Gasteiger partial charge in [0.1, 0.15) is 0 Å². The molecule has 0 aromatic carbocycles. The number of aromatic nitrogens is 2. The van der Waals surface area contributed by atoms with Crippen molar-refractivity contribution in [2.24, 2.45) is 11.7 Å². The minimum atomic E-state index is -0.186. The fraction of sp³-hybridized carbons (Fsp3) is 0.765. The van der Waals surface area contributed by atoms with E-state index in [1.165, 1.54) is 12.1 Å². The number of nitrogens with one attached hydrogen (secondary N) is 1. The molecule has 1 aliphatic carbocycles. The van der Waals surface area contributed by atoms with Gasteiger partial charge in [-0.2, -0.15) is 5.10 Å². The van der Waals surface area contributed by atoms with E-state index >= 15 is 0 Å². The maximum Gasteiger partial charge on any atom is 0.223 e. The van der Waals surface area contributed by atoms with E-state index in [1.807, 2.05) is 0 Å². The number of rotatable bonds is 5. The molecule has 1 aromatic heterocycles. The van der Waals surface area contributed by atoms with Crippen LogP contribution in [0.3, 0.4) is 0 Å². The molecule has 1 amide bonds. The second-order valence-corrected chi connectivity index (χ2v) is 7.75. The standard InChI is InChI=1S/C17H29N5O.2ClH/c1-17(2,18)12-21-7-4-8-22-15(11-21)9-14(20-22)10-19-16(23)13-5-3-6-13;;/h9,13H,3-8,10-12,18H2,1-2H3,(H,19,23);2*1H. The lowest BCUT2D eigenvalue weighted by Gasteiger charge is -2.28. The summed E-state index contributed by atoms with van der Waals surface area (Å²) in [5.41, 5.74) is 8.15. The number of nitrogens with two attached hydrogens (primary N) is 1. The first kappa shape index (κ1) is 22.2. The molecule has 1 fully saturated rings. The Labute approximate surface area is 162 Å². The number of halogens is 2. The Hall–Kier alpha value is -0.820. The summed E-state index contributed by atoms with van der Waals surface area (Å²) < 4.78 is 2.09. The van der Waals surface area contributed by atoms with E-state index in [-0.39, 0.29) is 42.2 Å². The van der Waals surface area contributed by atoms with Gasteiger partial charge in [-0.3, -0.25) is 14.4 Å². The molecule has 8 heteroatoms. The predicted octanol–water partition coefficient (Wildman–Crippen LogP) is 2.09. The minimum absolute atomic E-state index is 0. The smallest absolute Gasteiger partial charge is 0.223 e. The van der Waals surface area contributed by atoms with Gasteiger partial charge in [-0.15, -0.1) is 24.8 Å². The molecule has 6 nitrogen and oxygen atoms in total.